The quantitative estimate of drug-likeness (QED) is 0.341. The molecule has 0 aliphatic heterocycles. The molecule has 0 saturated heterocycles. The first-order valence-electron chi connectivity index (χ1n) is 10.9. The monoisotopic (exact) mass is 479 g/mol. The molecule has 0 heterocycles. The number of benzene rings is 2. The number of ether oxygens (including phenoxy) is 3. The number of carbonyl (C=O) groups is 2. The fraction of sp³-hybridized carbons (Fsp3) is 0.440. The van der Waals surface area contributed by atoms with Crippen molar-refractivity contribution in [1.29, 1.82) is 0 Å². The summed E-state index contributed by atoms with van der Waals surface area (Å²) in [6.45, 7) is 1.55. The molecule has 2 rings (SSSR count). The lowest BCUT2D eigenvalue weighted by Crippen LogP contribution is -2.38. The zero-order valence-corrected chi connectivity index (χ0v) is 19.8. The van der Waals surface area contributed by atoms with Gasteiger partial charge < -0.3 is 19.3 Å². The van der Waals surface area contributed by atoms with Crippen LogP contribution in [-0.2, 0) is 27.2 Å². The predicted molar refractivity (Wildman–Crippen MR) is 122 cm³/mol. The van der Waals surface area contributed by atoms with E-state index in [0.29, 0.717) is 5.75 Å². The number of carbonyl (C=O) groups excluding carboxylic acids is 1. The summed E-state index contributed by atoms with van der Waals surface area (Å²) in [7, 11) is 5.20. The third-order valence-electron chi connectivity index (χ3n) is 5.17. The van der Waals surface area contributed by atoms with Crippen molar-refractivity contribution in [3.63, 3.8) is 0 Å². The molecular weight excluding hydrogens is 448 g/mol. The van der Waals surface area contributed by atoms with Gasteiger partial charge in [-0.3, -0.25) is 9.69 Å². The maximum atomic E-state index is 13.3. The zero-order valence-electron chi connectivity index (χ0n) is 19.8. The van der Waals surface area contributed by atoms with Crippen molar-refractivity contribution in [3.05, 3.63) is 59.7 Å². The Bertz CT molecular complexity index is 966. The third-order valence-corrected chi connectivity index (χ3v) is 5.17. The topological polar surface area (TPSA) is 85.3 Å². The first kappa shape index (κ1) is 27.0. The number of para-hydroxylation sites is 1. The van der Waals surface area contributed by atoms with E-state index in [2.05, 4.69) is 0 Å². The highest BCUT2D eigenvalue weighted by molar-refractivity contribution is 5.82. The molecule has 0 unspecified atom stereocenters. The van der Waals surface area contributed by atoms with Gasteiger partial charge in [-0.05, 0) is 63.2 Å². The van der Waals surface area contributed by atoms with Crippen LogP contribution in [0, 0.1) is 0 Å². The Kier molecular flexibility index (Phi) is 9.80. The second-order valence-corrected chi connectivity index (χ2v) is 8.22. The van der Waals surface area contributed by atoms with Gasteiger partial charge in [-0.1, -0.05) is 30.3 Å². The number of alkyl halides is 2. The molecule has 34 heavy (non-hydrogen) atoms. The van der Waals surface area contributed by atoms with Crippen molar-refractivity contribution in [1.82, 2.24) is 4.90 Å². The molecule has 2 aromatic carbocycles. The average Bonchev–Trinajstić information content (AvgIpc) is 2.77. The number of aliphatic carboxylic acids is 1. The average molecular weight is 480 g/mol. The summed E-state index contributed by atoms with van der Waals surface area (Å²) in [5.74, 6) is -6.36. The predicted octanol–water partition coefficient (Wildman–Crippen LogP) is 4.18. The lowest BCUT2D eigenvalue weighted by atomic mass is 10.0. The lowest BCUT2D eigenvalue weighted by molar-refractivity contribution is -0.175. The van der Waals surface area contributed by atoms with Gasteiger partial charge in [0.25, 0.3) is 0 Å². The van der Waals surface area contributed by atoms with Gasteiger partial charge >= 0.3 is 17.9 Å². The van der Waals surface area contributed by atoms with Crippen molar-refractivity contribution >= 4 is 11.9 Å². The van der Waals surface area contributed by atoms with Gasteiger partial charge in [-0.15, -0.1) is 0 Å². The molecule has 0 aromatic heterocycles. The smallest absolute Gasteiger partial charge is 0.375 e. The fourth-order valence-electron chi connectivity index (χ4n) is 3.30. The third kappa shape index (κ3) is 8.30. The minimum Gasteiger partial charge on any atom is -0.497 e. The van der Waals surface area contributed by atoms with Crippen LogP contribution in [0.15, 0.2) is 48.5 Å². The molecule has 0 saturated carbocycles. The van der Waals surface area contributed by atoms with Crippen molar-refractivity contribution in [2.24, 2.45) is 0 Å². The first-order chi connectivity index (χ1) is 16.0. The van der Waals surface area contributed by atoms with E-state index in [1.807, 2.05) is 48.5 Å². The zero-order chi connectivity index (χ0) is 25.3. The van der Waals surface area contributed by atoms with E-state index >= 15 is 0 Å². The molecule has 2 aromatic rings. The van der Waals surface area contributed by atoms with Crippen LogP contribution in [0.3, 0.4) is 0 Å². The van der Waals surface area contributed by atoms with Gasteiger partial charge in [0, 0.05) is 6.42 Å². The molecule has 186 valence electrons. The summed E-state index contributed by atoms with van der Waals surface area (Å²) in [5, 5.41) is 8.48. The molecule has 0 amide bonds. The molecule has 9 heteroatoms. The van der Waals surface area contributed by atoms with Crippen LogP contribution in [0.2, 0.25) is 0 Å². The Hall–Kier alpha value is -3.20. The Labute approximate surface area is 198 Å². The van der Waals surface area contributed by atoms with Crippen molar-refractivity contribution in [2.75, 3.05) is 21.2 Å². The van der Waals surface area contributed by atoms with E-state index in [-0.39, 0.29) is 6.42 Å². The molecule has 2 atom stereocenters. The van der Waals surface area contributed by atoms with E-state index in [1.165, 1.54) is 0 Å². The highest BCUT2D eigenvalue weighted by Gasteiger charge is 2.42. The summed E-state index contributed by atoms with van der Waals surface area (Å²) in [5.41, 5.74) is 2.11. The van der Waals surface area contributed by atoms with Crippen molar-refractivity contribution < 1.29 is 37.7 Å². The molecule has 0 aliphatic carbocycles. The summed E-state index contributed by atoms with van der Waals surface area (Å²) in [4.78, 5) is 24.1. The maximum Gasteiger partial charge on any atom is 0.375 e. The van der Waals surface area contributed by atoms with Gasteiger partial charge in [-0.25, -0.2) is 4.79 Å². The number of halogens is 2. The molecule has 0 radical (unpaired) electrons. The Balaban J connectivity index is 2.02. The number of carboxylic acid groups (broad SMARTS) is 1. The SMILES string of the molecule is COc1cccc(CCc2ccccc2O[C@@H](C[C@@H](C)OC(=O)CC(F)(F)C(=O)O)N(C)C)c1. The number of esters is 1. The van der Waals surface area contributed by atoms with Gasteiger partial charge in [0.05, 0.1) is 7.11 Å². The van der Waals surface area contributed by atoms with Crippen LogP contribution in [0.25, 0.3) is 0 Å². The molecule has 0 bridgehead atoms. The van der Waals surface area contributed by atoms with E-state index in [9.17, 15) is 18.4 Å². The van der Waals surface area contributed by atoms with Gasteiger partial charge in [-0.2, -0.15) is 8.78 Å². The number of hydrogen-bond acceptors (Lipinski definition) is 6. The summed E-state index contributed by atoms with van der Waals surface area (Å²) in [6, 6.07) is 15.4. The van der Waals surface area contributed by atoms with E-state index < -0.39 is 36.6 Å². The highest BCUT2D eigenvalue weighted by atomic mass is 19.3. The summed E-state index contributed by atoms with van der Waals surface area (Å²) >= 11 is 0. The molecule has 7 nitrogen and oxygen atoms in total. The largest absolute Gasteiger partial charge is 0.497 e. The molecular formula is C25H31F2NO6. The van der Waals surface area contributed by atoms with Gasteiger partial charge in [0.1, 0.15) is 24.0 Å². The second kappa shape index (κ2) is 12.3. The number of hydrogen-bond donors (Lipinski definition) is 1. The van der Waals surface area contributed by atoms with Crippen LogP contribution < -0.4 is 9.47 Å². The number of rotatable bonds is 13. The molecule has 1 N–H and O–H groups in total. The van der Waals surface area contributed by atoms with Crippen LogP contribution in [0.5, 0.6) is 11.5 Å². The Morgan fingerprint density at radius 3 is 2.44 bits per heavy atom. The molecule has 0 aliphatic rings. The van der Waals surface area contributed by atoms with Crippen molar-refractivity contribution in [2.45, 2.75) is 50.9 Å². The number of nitrogens with zero attached hydrogens (tertiary/aromatic N) is 1. The fourth-order valence-corrected chi connectivity index (χ4v) is 3.30. The summed E-state index contributed by atoms with van der Waals surface area (Å²) < 4.78 is 43.0. The normalized spacial score (nSPS) is 13.3. The Morgan fingerprint density at radius 2 is 1.79 bits per heavy atom. The number of carboxylic acids is 1. The highest BCUT2D eigenvalue weighted by Crippen LogP contribution is 2.25. The van der Waals surface area contributed by atoms with Crippen LogP contribution in [0.1, 0.15) is 30.9 Å². The van der Waals surface area contributed by atoms with Crippen LogP contribution in [-0.4, -0.2) is 61.4 Å². The molecule has 0 spiro atoms. The van der Waals surface area contributed by atoms with Crippen LogP contribution >= 0.6 is 0 Å². The second-order valence-electron chi connectivity index (χ2n) is 8.22. The molecule has 0 fully saturated rings. The maximum absolute atomic E-state index is 13.3. The standard InChI is InChI=1S/C25H31F2NO6/c1-17(33-23(29)16-25(26,27)24(30)31)14-22(28(2)3)34-21-11-6-5-9-19(21)13-12-18-8-7-10-20(15-18)32-4/h5-11,15,17,22H,12-14,16H2,1-4H3,(H,30,31)/t17-,22+/m1/s1. The van der Waals surface area contributed by atoms with E-state index in [0.717, 1.165) is 29.7 Å². The van der Waals surface area contributed by atoms with E-state index in [4.69, 9.17) is 19.3 Å². The van der Waals surface area contributed by atoms with Crippen molar-refractivity contribution in [3.8, 4) is 11.5 Å². The minimum absolute atomic E-state index is 0.196. The van der Waals surface area contributed by atoms with Gasteiger partial charge in [0.2, 0.25) is 0 Å². The minimum atomic E-state index is -4.17. The van der Waals surface area contributed by atoms with Crippen LogP contribution in [0.4, 0.5) is 8.78 Å². The lowest BCUT2D eigenvalue weighted by Gasteiger charge is -2.28. The van der Waals surface area contributed by atoms with E-state index in [1.54, 1.807) is 33.0 Å². The first-order valence-corrected chi connectivity index (χ1v) is 10.9. The number of aryl methyl sites for hydroxylation is 2. The Morgan fingerprint density at radius 1 is 1.09 bits per heavy atom. The number of methoxy groups -OCH3 is 1. The van der Waals surface area contributed by atoms with Gasteiger partial charge in [0.15, 0.2) is 6.23 Å². The summed E-state index contributed by atoms with van der Waals surface area (Å²) in [6.07, 6.45) is -1.11.